The number of pyridine rings is 1. The number of aromatic nitrogens is 4. The molecule has 3 aromatic heterocycles. The number of nitrogens with zero attached hydrogens (tertiary/aromatic N) is 4. The third kappa shape index (κ3) is 4.49. The van der Waals surface area contributed by atoms with Crippen LogP contribution in [-0.2, 0) is 12.0 Å². The minimum Gasteiger partial charge on any atom is -0.360 e. The lowest BCUT2D eigenvalue weighted by molar-refractivity contribution is 0.0941. The van der Waals surface area contributed by atoms with Gasteiger partial charge < -0.3 is 20.5 Å². The summed E-state index contributed by atoms with van der Waals surface area (Å²) < 4.78 is 20.3. The van der Waals surface area contributed by atoms with E-state index in [-0.39, 0.29) is 23.7 Å². The van der Waals surface area contributed by atoms with Gasteiger partial charge in [-0.1, -0.05) is 38.1 Å². The molecule has 4 aromatic rings. The number of hydrogen-bond acceptors (Lipinski definition) is 7. The third-order valence-corrected chi connectivity index (χ3v) is 6.25. The molecule has 1 unspecified atom stereocenters. The van der Waals surface area contributed by atoms with E-state index in [2.05, 4.69) is 30.6 Å². The predicted molar refractivity (Wildman–Crippen MR) is 130 cm³/mol. The van der Waals surface area contributed by atoms with Gasteiger partial charge in [0.1, 0.15) is 11.6 Å². The Morgan fingerprint density at radius 2 is 2.14 bits per heavy atom. The lowest BCUT2D eigenvalue weighted by Crippen LogP contribution is -2.26. The highest BCUT2D eigenvalue weighted by atomic mass is 19.1. The van der Waals surface area contributed by atoms with E-state index < -0.39 is 11.7 Å². The maximum absolute atomic E-state index is 15.1. The van der Waals surface area contributed by atoms with Gasteiger partial charge in [0.2, 0.25) is 0 Å². The van der Waals surface area contributed by atoms with Gasteiger partial charge in [0.15, 0.2) is 17.2 Å². The zero-order valence-electron chi connectivity index (χ0n) is 19.9. The van der Waals surface area contributed by atoms with E-state index in [9.17, 15) is 4.79 Å². The van der Waals surface area contributed by atoms with Gasteiger partial charge in [-0.15, -0.1) is 0 Å². The first-order valence-corrected chi connectivity index (χ1v) is 11.6. The highest BCUT2D eigenvalue weighted by Gasteiger charge is 2.25. The van der Waals surface area contributed by atoms with Crippen molar-refractivity contribution in [2.24, 2.45) is 5.73 Å². The molecule has 0 aliphatic carbocycles. The van der Waals surface area contributed by atoms with Gasteiger partial charge in [0, 0.05) is 48.9 Å². The topological polar surface area (TPSA) is 126 Å². The lowest BCUT2D eigenvalue weighted by atomic mass is 9.93. The Morgan fingerprint density at radius 1 is 1.31 bits per heavy atom. The van der Waals surface area contributed by atoms with Crippen molar-refractivity contribution in [3.63, 3.8) is 0 Å². The van der Waals surface area contributed by atoms with Gasteiger partial charge in [-0.2, -0.15) is 5.10 Å². The molecule has 1 aliphatic heterocycles. The van der Waals surface area contributed by atoms with E-state index in [1.54, 1.807) is 18.3 Å². The minimum atomic E-state index is -0.421. The fourth-order valence-electron chi connectivity index (χ4n) is 4.24. The van der Waals surface area contributed by atoms with E-state index in [0.29, 0.717) is 29.1 Å². The van der Waals surface area contributed by atoms with Gasteiger partial charge in [0.05, 0.1) is 5.39 Å². The first-order valence-electron chi connectivity index (χ1n) is 11.6. The number of H-pyrrole nitrogens is 1. The first kappa shape index (κ1) is 23.0. The molecule has 9 nitrogen and oxygen atoms in total. The zero-order chi connectivity index (χ0) is 24.7. The number of carbonyl (C=O) groups excluding carboxylic acids is 1. The number of nitrogens with two attached hydrogens (primary N) is 1. The predicted octanol–water partition coefficient (Wildman–Crippen LogP) is 3.52. The molecular weight excluding hydrogens is 449 g/mol. The van der Waals surface area contributed by atoms with Crippen LogP contribution < -0.4 is 16.0 Å². The summed E-state index contributed by atoms with van der Waals surface area (Å²) in [7, 11) is 0. The first-order chi connectivity index (χ1) is 16.7. The van der Waals surface area contributed by atoms with Crippen LogP contribution in [0, 0.1) is 5.82 Å². The fraction of sp³-hybridized carbons (Fsp3) is 0.360. The molecule has 10 heteroatoms. The SMILES string of the molecule is CC(C)(C)c1cc(C(=O)NCc2ccc(-c3ccnc4[nH]nc(N5CCC(N)C5)c34)cc2F)no1. The maximum atomic E-state index is 15.1. The van der Waals surface area contributed by atoms with Crippen LogP contribution >= 0.6 is 0 Å². The van der Waals surface area contributed by atoms with E-state index in [4.69, 9.17) is 10.3 Å². The van der Waals surface area contributed by atoms with Crippen LogP contribution in [0.5, 0.6) is 0 Å². The number of fused-ring (bicyclic) bond motifs is 1. The molecule has 0 bridgehead atoms. The number of nitrogens with one attached hydrogen (secondary N) is 2. The van der Waals surface area contributed by atoms with Crippen molar-refractivity contribution in [1.82, 2.24) is 25.7 Å². The number of aromatic amines is 1. The second-order valence-electron chi connectivity index (χ2n) is 9.94. The summed E-state index contributed by atoms with van der Waals surface area (Å²) in [6.07, 6.45) is 2.57. The second-order valence-corrected chi connectivity index (χ2v) is 9.94. The number of benzene rings is 1. The number of carbonyl (C=O) groups is 1. The summed E-state index contributed by atoms with van der Waals surface area (Å²) in [5, 5.41) is 14.8. The molecule has 0 saturated carbocycles. The van der Waals surface area contributed by atoms with Crippen LogP contribution in [0.15, 0.2) is 41.1 Å². The van der Waals surface area contributed by atoms with E-state index in [1.807, 2.05) is 32.9 Å². The molecule has 4 N–H and O–H groups in total. The molecule has 1 fully saturated rings. The van der Waals surface area contributed by atoms with Crippen molar-refractivity contribution in [3.05, 3.63) is 59.4 Å². The average Bonchev–Trinajstić information content (AvgIpc) is 3.56. The molecule has 0 radical (unpaired) electrons. The Bertz CT molecular complexity index is 1390. The smallest absolute Gasteiger partial charge is 0.273 e. The molecule has 1 aliphatic rings. The molecule has 35 heavy (non-hydrogen) atoms. The second kappa shape index (κ2) is 8.77. The number of amides is 1. The van der Waals surface area contributed by atoms with E-state index in [0.717, 1.165) is 29.7 Å². The van der Waals surface area contributed by atoms with Gasteiger partial charge in [-0.25, -0.2) is 9.37 Å². The molecule has 5 rings (SSSR count). The number of anilines is 1. The fourth-order valence-corrected chi connectivity index (χ4v) is 4.24. The van der Waals surface area contributed by atoms with Crippen molar-refractivity contribution in [1.29, 1.82) is 0 Å². The lowest BCUT2D eigenvalue weighted by Gasteiger charge is -2.16. The molecule has 1 atom stereocenters. The van der Waals surface area contributed by atoms with Crippen LogP contribution in [0.4, 0.5) is 10.2 Å². The largest absolute Gasteiger partial charge is 0.360 e. The molecule has 182 valence electrons. The van der Waals surface area contributed by atoms with Crippen molar-refractivity contribution < 1.29 is 13.7 Å². The Hall–Kier alpha value is -3.79. The van der Waals surface area contributed by atoms with Crippen molar-refractivity contribution in [2.45, 2.75) is 45.2 Å². The quantitative estimate of drug-likeness (QED) is 0.401. The van der Waals surface area contributed by atoms with Crippen LogP contribution in [0.25, 0.3) is 22.2 Å². The third-order valence-electron chi connectivity index (χ3n) is 6.25. The summed E-state index contributed by atoms with van der Waals surface area (Å²) in [5.41, 5.74) is 8.51. The number of hydrogen-bond donors (Lipinski definition) is 3. The van der Waals surface area contributed by atoms with Crippen molar-refractivity contribution in [3.8, 4) is 11.1 Å². The molecule has 0 spiro atoms. The summed E-state index contributed by atoms with van der Waals surface area (Å²) in [4.78, 5) is 19.0. The minimum absolute atomic E-state index is 0.0248. The van der Waals surface area contributed by atoms with Gasteiger partial charge >= 0.3 is 0 Å². The van der Waals surface area contributed by atoms with E-state index >= 15 is 4.39 Å². The summed E-state index contributed by atoms with van der Waals surface area (Å²) in [5.74, 6) is 0.540. The number of rotatable bonds is 5. The Balaban J connectivity index is 1.36. The van der Waals surface area contributed by atoms with Crippen LogP contribution in [0.3, 0.4) is 0 Å². The Kier molecular flexibility index (Phi) is 5.76. The Morgan fingerprint density at radius 3 is 2.83 bits per heavy atom. The maximum Gasteiger partial charge on any atom is 0.273 e. The highest BCUT2D eigenvalue weighted by molar-refractivity contribution is 6.00. The monoisotopic (exact) mass is 477 g/mol. The van der Waals surface area contributed by atoms with Crippen LogP contribution in [0.1, 0.15) is 49.0 Å². The van der Waals surface area contributed by atoms with Crippen LogP contribution in [0.2, 0.25) is 0 Å². The molecule has 1 saturated heterocycles. The molecule has 1 amide bonds. The highest BCUT2D eigenvalue weighted by Crippen LogP contribution is 2.35. The summed E-state index contributed by atoms with van der Waals surface area (Å²) >= 11 is 0. The summed E-state index contributed by atoms with van der Waals surface area (Å²) in [6.45, 7) is 7.45. The van der Waals surface area contributed by atoms with Crippen molar-refractivity contribution >= 4 is 22.8 Å². The van der Waals surface area contributed by atoms with Gasteiger partial charge in [0.25, 0.3) is 5.91 Å². The molecule has 4 heterocycles. The summed E-state index contributed by atoms with van der Waals surface area (Å²) in [6, 6.07) is 8.54. The van der Waals surface area contributed by atoms with Gasteiger partial charge in [-0.3, -0.25) is 9.89 Å². The van der Waals surface area contributed by atoms with Crippen LogP contribution in [-0.4, -0.2) is 45.4 Å². The van der Waals surface area contributed by atoms with E-state index in [1.165, 1.54) is 6.07 Å². The molecule has 1 aromatic carbocycles. The molecular formula is C25H28FN7O2. The standard InChI is InChI=1S/C25H28FN7O2/c1-25(2,3)20-11-19(32-35-20)24(34)29-12-15-5-4-14(10-18(15)26)17-6-8-28-22-21(17)23(31-30-22)33-9-7-16(27)13-33/h4-6,8,10-11,16H,7,9,12-13,27H2,1-3H3,(H,29,34)(H,28,30,31). The zero-order valence-corrected chi connectivity index (χ0v) is 19.9. The average molecular weight is 478 g/mol. The normalized spacial score (nSPS) is 16.3. The number of halogens is 1. The van der Waals surface area contributed by atoms with Gasteiger partial charge in [-0.05, 0) is 29.7 Å². The van der Waals surface area contributed by atoms with Crippen molar-refractivity contribution in [2.75, 3.05) is 18.0 Å². The Labute approximate surface area is 201 Å².